The molecule has 33 heavy (non-hydrogen) atoms. The van der Waals surface area contributed by atoms with Gasteiger partial charge in [0.25, 0.3) is 0 Å². The monoisotopic (exact) mass is 493 g/mol. The van der Waals surface area contributed by atoms with Crippen molar-refractivity contribution in [1.82, 2.24) is 9.88 Å². The Morgan fingerprint density at radius 3 is 2.55 bits per heavy atom. The topological polar surface area (TPSA) is 126 Å². The minimum atomic E-state index is -4.13. The molecule has 1 aliphatic rings. The van der Waals surface area contributed by atoms with Crippen LogP contribution in [0.2, 0.25) is 0 Å². The van der Waals surface area contributed by atoms with Gasteiger partial charge in [-0.15, -0.1) is 0 Å². The standard InChI is InChI=1S/C21H20FN3O6S2/c22-14-1-4-16(5-2-14)33(29,30)31-15-3-6-17-18(12-15)32-20(23-17)24-19(26)11-13-7-9-25(10-8-13)21(27)28/h1-6,12-13H,7-11H2,(H,27,28)(H,23,24,26). The van der Waals surface area contributed by atoms with Gasteiger partial charge in [-0.25, -0.2) is 14.2 Å². The van der Waals surface area contributed by atoms with Gasteiger partial charge in [0.1, 0.15) is 16.5 Å². The van der Waals surface area contributed by atoms with E-state index in [2.05, 4.69) is 10.3 Å². The molecule has 0 bridgehead atoms. The van der Waals surface area contributed by atoms with Crippen LogP contribution < -0.4 is 9.50 Å². The Morgan fingerprint density at radius 2 is 1.88 bits per heavy atom. The summed E-state index contributed by atoms with van der Waals surface area (Å²) in [6.07, 6.45) is 0.584. The van der Waals surface area contributed by atoms with Crippen LogP contribution in [0.5, 0.6) is 5.75 Å². The molecule has 1 saturated heterocycles. The molecule has 1 aromatic heterocycles. The van der Waals surface area contributed by atoms with E-state index in [9.17, 15) is 22.4 Å². The van der Waals surface area contributed by atoms with Gasteiger partial charge >= 0.3 is 16.2 Å². The zero-order chi connectivity index (χ0) is 23.6. The van der Waals surface area contributed by atoms with E-state index in [1.165, 1.54) is 28.4 Å². The Bertz CT molecular complexity index is 1290. The molecular formula is C21H20FN3O6S2. The predicted molar refractivity (Wildman–Crippen MR) is 119 cm³/mol. The number of piperidine rings is 1. The first kappa shape index (κ1) is 22.9. The molecule has 2 amide bonds. The summed E-state index contributed by atoms with van der Waals surface area (Å²) in [5, 5.41) is 12.1. The Kier molecular flexibility index (Phi) is 6.47. The minimum Gasteiger partial charge on any atom is -0.465 e. The van der Waals surface area contributed by atoms with Crippen LogP contribution in [0.25, 0.3) is 10.2 Å². The van der Waals surface area contributed by atoms with Crippen LogP contribution in [0.15, 0.2) is 47.4 Å². The molecule has 4 rings (SSSR count). The average molecular weight is 494 g/mol. The number of amides is 2. The quantitative estimate of drug-likeness (QED) is 0.499. The number of carboxylic acid groups (broad SMARTS) is 1. The number of thiazole rings is 1. The van der Waals surface area contributed by atoms with Gasteiger partial charge in [-0.1, -0.05) is 11.3 Å². The number of nitrogens with zero attached hydrogens (tertiary/aromatic N) is 2. The summed E-state index contributed by atoms with van der Waals surface area (Å²) in [6.45, 7) is 0.829. The fraction of sp³-hybridized carbons (Fsp3) is 0.286. The number of hydrogen-bond acceptors (Lipinski definition) is 7. The number of aromatic nitrogens is 1. The van der Waals surface area contributed by atoms with Crippen LogP contribution in [-0.2, 0) is 14.9 Å². The summed E-state index contributed by atoms with van der Waals surface area (Å²) < 4.78 is 43.6. The van der Waals surface area contributed by atoms with Crippen molar-refractivity contribution in [3.8, 4) is 5.75 Å². The molecule has 9 nitrogen and oxygen atoms in total. The van der Waals surface area contributed by atoms with Gasteiger partial charge in [-0.3, -0.25) is 4.79 Å². The maximum absolute atomic E-state index is 13.1. The van der Waals surface area contributed by atoms with Gasteiger partial charge < -0.3 is 19.5 Å². The molecule has 12 heteroatoms. The van der Waals surface area contributed by atoms with E-state index in [-0.39, 0.29) is 28.9 Å². The van der Waals surface area contributed by atoms with Gasteiger partial charge in [0.2, 0.25) is 5.91 Å². The smallest absolute Gasteiger partial charge is 0.407 e. The normalized spacial score (nSPS) is 14.9. The van der Waals surface area contributed by atoms with Crippen LogP contribution in [0.1, 0.15) is 19.3 Å². The maximum Gasteiger partial charge on any atom is 0.407 e. The lowest BCUT2D eigenvalue weighted by molar-refractivity contribution is -0.117. The number of fused-ring (bicyclic) bond motifs is 1. The van der Waals surface area contributed by atoms with Gasteiger partial charge in [0, 0.05) is 25.6 Å². The number of anilines is 1. The van der Waals surface area contributed by atoms with Crippen molar-refractivity contribution in [1.29, 1.82) is 0 Å². The first-order valence-electron chi connectivity index (χ1n) is 10.1. The van der Waals surface area contributed by atoms with E-state index >= 15 is 0 Å². The summed E-state index contributed by atoms with van der Waals surface area (Å²) in [7, 11) is -4.13. The van der Waals surface area contributed by atoms with E-state index in [1.807, 2.05) is 0 Å². The molecule has 3 aromatic rings. The highest BCUT2D eigenvalue weighted by Crippen LogP contribution is 2.31. The summed E-state index contributed by atoms with van der Waals surface area (Å²) >= 11 is 1.18. The molecule has 0 saturated carbocycles. The molecule has 2 heterocycles. The number of likely N-dealkylation sites (tertiary alicyclic amines) is 1. The van der Waals surface area contributed by atoms with Crippen LogP contribution in [0.3, 0.4) is 0 Å². The average Bonchev–Trinajstić information content (AvgIpc) is 3.15. The first-order valence-corrected chi connectivity index (χ1v) is 12.3. The molecule has 0 atom stereocenters. The van der Waals surface area contributed by atoms with E-state index < -0.39 is 22.0 Å². The third kappa shape index (κ3) is 5.57. The second-order valence-electron chi connectivity index (χ2n) is 7.61. The molecule has 1 aliphatic heterocycles. The molecule has 0 radical (unpaired) electrons. The van der Waals surface area contributed by atoms with E-state index in [0.717, 1.165) is 24.3 Å². The number of carbonyl (C=O) groups is 2. The van der Waals surface area contributed by atoms with Crippen molar-refractivity contribution in [2.75, 3.05) is 18.4 Å². The van der Waals surface area contributed by atoms with Crippen LogP contribution >= 0.6 is 11.3 Å². The van der Waals surface area contributed by atoms with Gasteiger partial charge in [-0.2, -0.15) is 8.42 Å². The summed E-state index contributed by atoms with van der Waals surface area (Å²) in [5.41, 5.74) is 0.566. The molecule has 174 valence electrons. The summed E-state index contributed by atoms with van der Waals surface area (Å²) in [6, 6.07) is 8.85. The molecule has 1 fully saturated rings. The summed E-state index contributed by atoms with van der Waals surface area (Å²) in [5.74, 6) is -0.594. The third-order valence-electron chi connectivity index (χ3n) is 5.27. The molecule has 0 aliphatic carbocycles. The second-order valence-corrected chi connectivity index (χ2v) is 10.2. The Labute approximate surface area is 192 Å². The van der Waals surface area contributed by atoms with Gasteiger partial charge in [-0.05, 0) is 55.2 Å². The summed E-state index contributed by atoms with van der Waals surface area (Å²) in [4.78, 5) is 28.9. The van der Waals surface area contributed by atoms with Crippen molar-refractivity contribution in [2.24, 2.45) is 5.92 Å². The number of nitrogens with one attached hydrogen (secondary N) is 1. The first-order chi connectivity index (χ1) is 15.7. The highest BCUT2D eigenvalue weighted by molar-refractivity contribution is 7.87. The Hall–Kier alpha value is -3.25. The van der Waals surface area contributed by atoms with Crippen molar-refractivity contribution in [2.45, 2.75) is 24.2 Å². The lowest BCUT2D eigenvalue weighted by Crippen LogP contribution is -2.38. The molecule has 0 spiro atoms. The number of benzene rings is 2. The fourth-order valence-electron chi connectivity index (χ4n) is 3.55. The third-order valence-corrected chi connectivity index (χ3v) is 7.47. The van der Waals surface area contributed by atoms with Crippen molar-refractivity contribution in [3.63, 3.8) is 0 Å². The maximum atomic E-state index is 13.1. The van der Waals surface area contributed by atoms with Gasteiger partial charge in [0.15, 0.2) is 5.13 Å². The zero-order valence-corrected chi connectivity index (χ0v) is 18.9. The second kappa shape index (κ2) is 9.32. The van der Waals surface area contributed by atoms with Crippen LogP contribution in [0, 0.1) is 11.7 Å². The largest absolute Gasteiger partial charge is 0.465 e. The number of carbonyl (C=O) groups excluding carboxylic acids is 1. The number of hydrogen-bond donors (Lipinski definition) is 2. The van der Waals surface area contributed by atoms with Crippen molar-refractivity contribution >= 4 is 48.8 Å². The zero-order valence-electron chi connectivity index (χ0n) is 17.2. The number of halogens is 1. The molecular weight excluding hydrogens is 473 g/mol. The fourth-order valence-corrected chi connectivity index (χ4v) is 5.38. The molecule has 0 unspecified atom stereocenters. The minimum absolute atomic E-state index is 0.0681. The molecule has 2 N–H and O–H groups in total. The lowest BCUT2D eigenvalue weighted by atomic mass is 9.93. The molecule has 2 aromatic carbocycles. The van der Waals surface area contributed by atoms with Crippen LogP contribution in [0.4, 0.5) is 14.3 Å². The lowest BCUT2D eigenvalue weighted by Gasteiger charge is -2.29. The van der Waals surface area contributed by atoms with Crippen molar-refractivity contribution in [3.05, 3.63) is 48.3 Å². The van der Waals surface area contributed by atoms with Crippen molar-refractivity contribution < 1.29 is 31.7 Å². The SMILES string of the molecule is O=C(CC1CCN(C(=O)O)CC1)Nc1nc2ccc(OS(=O)(=O)c3ccc(F)cc3)cc2s1. The Balaban J connectivity index is 1.39. The van der Waals surface area contributed by atoms with E-state index in [0.29, 0.717) is 41.3 Å². The Morgan fingerprint density at radius 1 is 1.18 bits per heavy atom. The predicted octanol–water partition coefficient (Wildman–Crippen LogP) is 3.92. The number of rotatable bonds is 6. The highest BCUT2D eigenvalue weighted by atomic mass is 32.2. The van der Waals surface area contributed by atoms with Crippen LogP contribution in [-0.4, -0.2) is 48.5 Å². The van der Waals surface area contributed by atoms with Gasteiger partial charge in [0.05, 0.1) is 10.2 Å². The highest BCUT2D eigenvalue weighted by Gasteiger charge is 2.24. The van der Waals surface area contributed by atoms with E-state index in [4.69, 9.17) is 9.29 Å². The van der Waals surface area contributed by atoms with E-state index in [1.54, 1.807) is 6.07 Å².